The second kappa shape index (κ2) is 4.81. The summed E-state index contributed by atoms with van der Waals surface area (Å²) in [5.41, 5.74) is 16.1. The van der Waals surface area contributed by atoms with Crippen LogP contribution in [-0.2, 0) is 0 Å². The SMILES string of the molecule is Cl.Cl.Nc1ncnc(N)c1N. The number of anilines is 3. The zero-order valence-corrected chi connectivity index (χ0v) is 7.15. The maximum atomic E-state index is 5.31. The summed E-state index contributed by atoms with van der Waals surface area (Å²) in [5.74, 6) is 0.449. The number of nitrogen functional groups attached to an aromatic ring is 3. The first-order valence-electron chi connectivity index (χ1n) is 2.33. The fourth-order valence-electron chi connectivity index (χ4n) is 0.424. The Morgan fingerprint density at radius 1 is 0.909 bits per heavy atom. The normalized spacial score (nSPS) is 7.64. The first-order valence-corrected chi connectivity index (χ1v) is 2.33. The number of hydrogen-bond acceptors (Lipinski definition) is 5. The predicted octanol–water partition coefficient (Wildman–Crippen LogP) is 0.0668. The van der Waals surface area contributed by atoms with Gasteiger partial charge in [0, 0.05) is 0 Å². The van der Waals surface area contributed by atoms with Crippen molar-refractivity contribution in [3.8, 4) is 0 Å². The largest absolute Gasteiger partial charge is 0.393 e. The molecule has 5 nitrogen and oxygen atoms in total. The van der Waals surface area contributed by atoms with Gasteiger partial charge in [-0.15, -0.1) is 24.8 Å². The van der Waals surface area contributed by atoms with Gasteiger partial charge in [-0.05, 0) is 0 Å². The van der Waals surface area contributed by atoms with E-state index in [9.17, 15) is 0 Å². The van der Waals surface area contributed by atoms with Crippen molar-refractivity contribution in [2.24, 2.45) is 0 Å². The molecule has 7 heteroatoms. The van der Waals surface area contributed by atoms with Crippen LogP contribution in [0, 0.1) is 0 Å². The quantitative estimate of drug-likeness (QED) is 0.547. The highest BCUT2D eigenvalue weighted by molar-refractivity contribution is 5.85. The maximum Gasteiger partial charge on any atom is 0.152 e. The van der Waals surface area contributed by atoms with E-state index in [1.165, 1.54) is 6.33 Å². The molecule has 11 heavy (non-hydrogen) atoms. The fraction of sp³-hybridized carbons (Fsp3) is 0. The fourth-order valence-corrected chi connectivity index (χ4v) is 0.424. The summed E-state index contributed by atoms with van der Waals surface area (Å²) in [6.07, 6.45) is 1.26. The van der Waals surface area contributed by atoms with Gasteiger partial charge in [-0.2, -0.15) is 0 Å². The van der Waals surface area contributed by atoms with Gasteiger partial charge in [0.15, 0.2) is 11.6 Å². The minimum Gasteiger partial charge on any atom is -0.393 e. The number of nitrogens with zero attached hydrogens (tertiary/aromatic N) is 2. The van der Waals surface area contributed by atoms with E-state index >= 15 is 0 Å². The Labute approximate surface area is 76.2 Å². The smallest absolute Gasteiger partial charge is 0.152 e. The molecule has 64 valence electrons. The van der Waals surface area contributed by atoms with Crippen molar-refractivity contribution < 1.29 is 0 Å². The molecule has 0 amide bonds. The van der Waals surface area contributed by atoms with E-state index in [1.807, 2.05) is 0 Å². The van der Waals surface area contributed by atoms with Gasteiger partial charge >= 0.3 is 0 Å². The lowest BCUT2D eigenvalue weighted by molar-refractivity contribution is 1.19. The van der Waals surface area contributed by atoms with Gasteiger partial charge in [0.2, 0.25) is 0 Å². The van der Waals surface area contributed by atoms with Crippen LogP contribution >= 0.6 is 24.8 Å². The lowest BCUT2D eigenvalue weighted by Gasteiger charge is -1.98. The third-order valence-electron chi connectivity index (χ3n) is 0.946. The molecule has 0 aliphatic rings. The molecule has 1 aromatic heterocycles. The van der Waals surface area contributed by atoms with Crippen molar-refractivity contribution >= 4 is 42.1 Å². The molecular weight excluding hydrogens is 189 g/mol. The molecule has 0 aliphatic heterocycles. The van der Waals surface area contributed by atoms with Crippen molar-refractivity contribution in [1.29, 1.82) is 0 Å². The Bertz CT molecular complexity index is 207. The number of rotatable bonds is 0. The molecule has 0 saturated heterocycles. The monoisotopic (exact) mass is 197 g/mol. The second-order valence-electron chi connectivity index (χ2n) is 1.56. The van der Waals surface area contributed by atoms with Crippen molar-refractivity contribution in [1.82, 2.24) is 9.97 Å². The predicted molar refractivity (Wildman–Crippen MR) is 49.8 cm³/mol. The van der Waals surface area contributed by atoms with Crippen LogP contribution in [0.15, 0.2) is 6.33 Å². The lowest BCUT2D eigenvalue weighted by atomic mass is 10.4. The van der Waals surface area contributed by atoms with E-state index in [1.54, 1.807) is 0 Å². The van der Waals surface area contributed by atoms with Crippen LogP contribution in [0.2, 0.25) is 0 Å². The van der Waals surface area contributed by atoms with Gasteiger partial charge in [-0.1, -0.05) is 0 Å². The van der Waals surface area contributed by atoms with Gasteiger partial charge in [0.1, 0.15) is 12.0 Å². The van der Waals surface area contributed by atoms with Gasteiger partial charge in [0.05, 0.1) is 0 Å². The van der Waals surface area contributed by atoms with Gasteiger partial charge in [-0.25, -0.2) is 9.97 Å². The molecule has 0 bridgehead atoms. The van der Waals surface area contributed by atoms with Crippen molar-refractivity contribution in [3.05, 3.63) is 6.33 Å². The molecule has 1 heterocycles. The highest BCUT2D eigenvalue weighted by Crippen LogP contribution is 2.14. The standard InChI is InChI=1S/C4H7N5.2ClH/c5-2-3(6)8-1-9-4(2)7;;/h1H,5H2,(H4,6,7,8,9);2*1H. The van der Waals surface area contributed by atoms with E-state index in [4.69, 9.17) is 17.2 Å². The summed E-state index contributed by atoms with van der Waals surface area (Å²) in [6.45, 7) is 0. The number of nitrogens with two attached hydrogens (primary N) is 3. The van der Waals surface area contributed by atoms with Crippen molar-refractivity contribution in [2.75, 3.05) is 17.2 Å². The van der Waals surface area contributed by atoms with Crippen LogP contribution < -0.4 is 17.2 Å². The molecule has 0 saturated carbocycles. The van der Waals surface area contributed by atoms with Crippen molar-refractivity contribution in [3.63, 3.8) is 0 Å². The Morgan fingerprint density at radius 3 is 1.55 bits per heavy atom. The maximum absolute atomic E-state index is 5.31. The second-order valence-corrected chi connectivity index (χ2v) is 1.56. The van der Waals surface area contributed by atoms with Crippen LogP contribution in [0.5, 0.6) is 0 Å². The molecule has 0 aromatic carbocycles. The molecule has 6 N–H and O–H groups in total. The Balaban J connectivity index is 0. The third-order valence-corrected chi connectivity index (χ3v) is 0.946. The molecular formula is C4H9Cl2N5. The molecule has 0 spiro atoms. The first kappa shape index (κ1) is 12.7. The topological polar surface area (TPSA) is 104 Å². The van der Waals surface area contributed by atoms with Gasteiger partial charge in [0.25, 0.3) is 0 Å². The number of hydrogen-bond donors (Lipinski definition) is 3. The molecule has 1 aromatic rings. The van der Waals surface area contributed by atoms with E-state index in [0.717, 1.165) is 0 Å². The molecule has 0 fully saturated rings. The molecule has 0 radical (unpaired) electrons. The average Bonchev–Trinajstić information content (AvgIpc) is 1.83. The summed E-state index contributed by atoms with van der Waals surface area (Å²) in [6, 6.07) is 0. The molecule has 1 rings (SSSR count). The number of halogens is 2. The highest BCUT2D eigenvalue weighted by atomic mass is 35.5. The molecule has 0 aliphatic carbocycles. The zero-order chi connectivity index (χ0) is 6.85. The van der Waals surface area contributed by atoms with Crippen LogP contribution in [0.25, 0.3) is 0 Å². The molecule has 0 atom stereocenters. The summed E-state index contributed by atoms with van der Waals surface area (Å²) in [5, 5.41) is 0. The Kier molecular flexibility index (Phi) is 5.56. The molecule has 0 unspecified atom stereocenters. The lowest BCUT2D eigenvalue weighted by Crippen LogP contribution is -2.03. The van der Waals surface area contributed by atoms with E-state index in [-0.39, 0.29) is 42.1 Å². The summed E-state index contributed by atoms with van der Waals surface area (Å²) in [7, 11) is 0. The van der Waals surface area contributed by atoms with Crippen LogP contribution in [0.1, 0.15) is 0 Å². The third kappa shape index (κ3) is 2.65. The van der Waals surface area contributed by atoms with E-state index in [0.29, 0.717) is 0 Å². The van der Waals surface area contributed by atoms with Crippen molar-refractivity contribution in [2.45, 2.75) is 0 Å². The van der Waals surface area contributed by atoms with Crippen LogP contribution in [0.3, 0.4) is 0 Å². The van der Waals surface area contributed by atoms with E-state index in [2.05, 4.69) is 9.97 Å². The number of aromatic nitrogens is 2. The summed E-state index contributed by atoms with van der Waals surface area (Å²) in [4.78, 5) is 7.20. The minimum absolute atomic E-state index is 0. The summed E-state index contributed by atoms with van der Waals surface area (Å²) >= 11 is 0. The summed E-state index contributed by atoms with van der Waals surface area (Å²) < 4.78 is 0. The van der Waals surface area contributed by atoms with Crippen LogP contribution in [-0.4, -0.2) is 9.97 Å². The van der Waals surface area contributed by atoms with Gasteiger partial charge < -0.3 is 17.2 Å². The highest BCUT2D eigenvalue weighted by Gasteiger charge is 1.97. The minimum atomic E-state index is 0. The average molecular weight is 198 g/mol. The zero-order valence-electron chi connectivity index (χ0n) is 5.52. The van der Waals surface area contributed by atoms with E-state index < -0.39 is 0 Å². The Hall–Kier alpha value is -0.940. The first-order chi connectivity index (χ1) is 4.22. The van der Waals surface area contributed by atoms with Crippen LogP contribution in [0.4, 0.5) is 17.3 Å². The Morgan fingerprint density at radius 2 is 1.27 bits per heavy atom. The van der Waals surface area contributed by atoms with Gasteiger partial charge in [-0.3, -0.25) is 0 Å².